The predicted molar refractivity (Wildman–Crippen MR) is 134 cm³/mol. The lowest BCUT2D eigenvalue weighted by atomic mass is 10.0. The molecule has 0 radical (unpaired) electrons. The van der Waals surface area contributed by atoms with Gasteiger partial charge >= 0.3 is 6.18 Å². The number of hydrogen-bond acceptors (Lipinski definition) is 7. The smallest absolute Gasteiger partial charge is 0.419 e. The second-order valence-electron chi connectivity index (χ2n) is 8.85. The number of rotatable bonds is 6. The minimum atomic E-state index is -4.69. The Morgan fingerprint density at radius 1 is 1.21 bits per heavy atom. The number of amides is 1. The number of alkyl halides is 3. The molecule has 9 nitrogen and oxygen atoms in total. The maximum absolute atomic E-state index is 14.1. The van der Waals surface area contributed by atoms with E-state index in [1.807, 2.05) is 0 Å². The fourth-order valence-electron chi connectivity index (χ4n) is 4.60. The lowest BCUT2D eigenvalue weighted by Crippen LogP contribution is -2.40. The number of nitrogens with zero attached hydrogens (tertiary/aromatic N) is 6. The average Bonchev–Trinajstić information content (AvgIpc) is 3.32. The van der Waals surface area contributed by atoms with E-state index in [0.29, 0.717) is 36.2 Å². The van der Waals surface area contributed by atoms with Crippen LogP contribution in [0.25, 0.3) is 22.3 Å². The van der Waals surface area contributed by atoms with Gasteiger partial charge in [-0.05, 0) is 49.2 Å². The monoisotopic (exact) mass is 523 g/mol. The van der Waals surface area contributed by atoms with Gasteiger partial charge in [-0.15, -0.1) is 0 Å². The Morgan fingerprint density at radius 3 is 2.79 bits per heavy atom. The van der Waals surface area contributed by atoms with Crippen LogP contribution in [0.15, 0.2) is 61.6 Å². The van der Waals surface area contributed by atoms with Crippen molar-refractivity contribution in [1.82, 2.24) is 29.6 Å². The maximum atomic E-state index is 14.1. The van der Waals surface area contributed by atoms with E-state index in [0.717, 1.165) is 12.5 Å². The standard InChI is InChI=1S/C26H24F3N7O2/c1-2-21(37)35-11-5-7-18(13-35)36-25-22(24(30)32-15-33-25)23(34-36)16-8-9-20(19(12-16)26(27,28)29)38-14-17-6-3-4-10-31-17/h2-4,6,8-10,12,15,18H,1,5,7,11,13-14H2,(H2,30,32,33). The minimum absolute atomic E-state index is 0.0927. The van der Waals surface area contributed by atoms with E-state index in [9.17, 15) is 18.0 Å². The first-order valence-corrected chi connectivity index (χ1v) is 11.9. The summed E-state index contributed by atoms with van der Waals surface area (Å²) >= 11 is 0. The highest BCUT2D eigenvalue weighted by Crippen LogP contribution is 2.41. The van der Waals surface area contributed by atoms with Gasteiger partial charge in [-0.2, -0.15) is 18.3 Å². The second kappa shape index (κ2) is 10.1. The third kappa shape index (κ3) is 4.89. The molecule has 1 saturated heterocycles. The number of carbonyl (C=O) groups is 1. The van der Waals surface area contributed by atoms with Gasteiger partial charge < -0.3 is 15.4 Å². The zero-order valence-corrected chi connectivity index (χ0v) is 20.2. The van der Waals surface area contributed by atoms with Crippen LogP contribution in [0.5, 0.6) is 5.75 Å². The van der Waals surface area contributed by atoms with Crippen LogP contribution < -0.4 is 10.5 Å². The van der Waals surface area contributed by atoms with Gasteiger partial charge in [-0.1, -0.05) is 12.6 Å². The highest BCUT2D eigenvalue weighted by atomic mass is 19.4. The van der Waals surface area contributed by atoms with Gasteiger partial charge in [0, 0.05) is 24.8 Å². The summed E-state index contributed by atoms with van der Waals surface area (Å²) in [4.78, 5) is 26.3. The molecule has 3 aromatic heterocycles. The molecule has 196 valence electrons. The number of piperidine rings is 1. The molecule has 1 aliphatic rings. The molecule has 4 heterocycles. The number of benzene rings is 1. The summed E-state index contributed by atoms with van der Waals surface area (Å²) in [5, 5.41) is 5.00. The van der Waals surface area contributed by atoms with Crippen LogP contribution in [0.3, 0.4) is 0 Å². The molecular weight excluding hydrogens is 499 g/mol. The molecule has 1 aliphatic heterocycles. The Balaban J connectivity index is 1.56. The SMILES string of the molecule is C=CC(=O)N1CCCC(n2nc(-c3ccc(OCc4ccccn4)c(C(F)(F)F)c3)c3c(N)ncnc32)C1. The molecule has 38 heavy (non-hydrogen) atoms. The molecule has 12 heteroatoms. The van der Waals surface area contributed by atoms with Crippen LogP contribution >= 0.6 is 0 Å². The number of fused-ring (bicyclic) bond motifs is 1. The van der Waals surface area contributed by atoms with Crippen molar-refractivity contribution in [2.75, 3.05) is 18.8 Å². The van der Waals surface area contributed by atoms with E-state index >= 15 is 0 Å². The number of likely N-dealkylation sites (tertiary alicyclic amines) is 1. The Bertz CT molecular complexity index is 1490. The fraction of sp³-hybridized carbons (Fsp3) is 0.269. The number of nitrogen functional groups attached to an aromatic ring is 1. The van der Waals surface area contributed by atoms with Gasteiger partial charge in [0.15, 0.2) is 5.65 Å². The molecule has 1 atom stereocenters. The van der Waals surface area contributed by atoms with Crippen molar-refractivity contribution in [3.05, 3.63) is 72.8 Å². The molecule has 1 fully saturated rings. The first-order valence-electron chi connectivity index (χ1n) is 11.9. The number of halogens is 3. The Hall–Kier alpha value is -4.48. The van der Waals surface area contributed by atoms with Crippen molar-refractivity contribution in [2.45, 2.75) is 31.7 Å². The first kappa shape index (κ1) is 25.2. The summed E-state index contributed by atoms with van der Waals surface area (Å²) in [6, 6.07) is 8.60. The van der Waals surface area contributed by atoms with Crippen LogP contribution in [0.1, 0.15) is 30.1 Å². The van der Waals surface area contributed by atoms with E-state index in [2.05, 4.69) is 26.6 Å². The van der Waals surface area contributed by atoms with Gasteiger partial charge in [0.05, 0.1) is 22.7 Å². The molecule has 2 N–H and O–H groups in total. The normalized spacial score (nSPS) is 16.0. The highest BCUT2D eigenvalue weighted by molar-refractivity contribution is 5.98. The third-order valence-corrected chi connectivity index (χ3v) is 6.41. The maximum Gasteiger partial charge on any atom is 0.419 e. The third-order valence-electron chi connectivity index (χ3n) is 6.41. The number of hydrogen-bond donors (Lipinski definition) is 1. The van der Waals surface area contributed by atoms with Gasteiger partial charge in [-0.3, -0.25) is 9.78 Å². The van der Waals surface area contributed by atoms with Crippen LogP contribution in [0.4, 0.5) is 19.0 Å². The Kier molecular flexibility index (Phi) is 6.70. The number of carbonyl (C=O) groups excluding carboxylic acids is 1. The zero-order chi connectivity index (χ0) is 26.9. The summed E-state index contributed by atoms with van der Waals surface area (Å²) in [6.07, 6.45) is 0.817. The van der Waals surface area contributed by atoms with Crippen molar-refractivity contribution in [2.24, 2.45) is 0 Å². The number of anilines is 1. The number of nitrogens with two attached hydrogens (primary N) is 1. The van der Waals surface area contributed by atoms with E-state index in [4.69, 9.17) is 10.5 Å². The molecule has 4 aromatic rings. The summed E-state index contributed by atoms with van der Waals surface area (Å²) in [5.41, 5.74) is 6.49. The van der Waals surface area contributed by atoms with Gasteiger partial charge in [0.1, 0.15) is 30.2 Å². The highest BCUT2D eigenvalue weighted by Gasteiger charge is 2.36. The largest absolute Gasteiger partial charge is 0.487 e. The average molecular weight is 524 g/mol. The molecule has 1 unspecified atom stereocenters. The molecule has 0 bridgehead atoms. The van der Waals surface area contributed by atoms with E-state index in [1.54, 1.807) is 34.0 Å². The van der Waals surface area contributed by atoms with E-state index in [1.165, 1.54) is 24.5 Å². The lowest BCUT2D eigenvalue weighted by Gasteiger charge is -2.32. The van der Waals surface area contributed by atoms with Gasteiger partial charge in [0.25, 0.3) is 0 Å². The summed E-state index contributed by atoms with van der Waals surface area (Å²) in [7, 11) is 0. The Morgan fingerprint density at radius 2 is 2.05 bits per heavy atom. The summed E-state index contributed by atoms with van der Waals surface area (Å²) in [5.74, 6) is -0.433. The molecule has 5 rings (SSSR count). The van der Waals surface area contributed by atoms with Crippen molar-refractivity contribution in [3.8, 4) is 17.0 Å². The fourth-order valence-corrected chi connectivity index (χ4v) is 4.60. The lowest BCUT2D eigenvalue weighted by molar-refractivity contribution is -0.139. The van der Waals surface area contributed by atoms with Crippen molar-refractivity contribution >= 4 is 22.8 Å². The molecule has 1 aromatic carbocycles. The van der Waals surface area contributed by atoms with Crippen LogP contribution in [0.2, 0.25) is 0 Å². The zero-order valence-electron chi connectivity index (χ0n) is 20.2. The van der Waals surface area contributed by atoms with Crippen LogP contribution in [-0.4, -0.2) is 48.6 Å². The van der Waals surface area contributed by atoms with Crippen LogP contribution in [0, 0.1) is 0 Å². The summed E-state index contributed by atoms with van der Waals surface area (Å²) < 4.78 is 49.4. The molecule has 0 aliphatic carbocycles. The predicted octanol–water partition coefficient (Wildman–Crippen LogP) is 4.42. The van der Waals surface area contributed by atoms with Crippen LogP contribution in [-0.2, 0) is 17.6 Å². The molecular formula is C26H24F3N7O2. The van der Waals surface area contributed by atoms with E-state index in [-0.39, 0.29) is 41.4 Å². The topological polar surface area (TPSA) is 112 Å². The van der Waals surface area contributed by atoms with Gasteiger partial charge in [0.2, 0.25) is 5.91 Å². The van der Waals surface area contributed by atoms with Crippen molar-refractivity contribution in [3.63, 3.8) is 0 Å². The number of pyridine rings is 1. The number of aromatic nitrogens is 5. The summed E-state index contributed by atoms with van der Waals surface area (Å²) in [6.45, 7) is 4.37. The minimum Gasteiger partial charge on any atom is -0.487 e. The number of ether oxygens (including phenoxy) is 1. The first-order chi connectivity index (χ1) is 18.3. The Labute approximate surface area is 215 Å². The van der Waals surface area contributed by atoms with Crippen molar-refractivity contribution in [1.29, 1.82) is 0 Å². The molecule has 0 saturated carbocycles. The van der Waals surface area contributed by atoms with Crippen molar-refractivity contribution < 1.29 is 22.7 Å². The molecule has 0 spiro atoms. The molecule has 1 amide bonds. The van der Waals surface area contributed by atoms with E-state index < -0.39 is 11.7 Å². The second-order valence-corrected chi connectivity index (χ2v) is 8.85. The quantitative estimate of drug-likeness (QED) is 0.373. The van der Waals surface area contributed by atoms with Gasteiger partial charge in [-0.25, -0.2) is 14.6 Å².